The minimum atomic E-state index is -0.744. The molecule has 1 aromatic carbocycles. The summed E-state index contributed by atoms with van der Waals surface area (Å²) in [6, 6.07) is 8.83. The van der Waals surface area contributed by atoms with Crippen LogP contribution in [0, 0.1) is 5.21 Å². The minimum absolute atomic E-state index is 0.143. The first-order valence-corrected chi connectivity index (χ1v) is 6.84. The van der Waals surface area contributed by atoms with Gasteiger partial charge in [-0.1, -0.05) is 12.1 Å². The number of ether oxygens (including phenoxy) is 2. The molecule has 124 valence electrons. The van der Waals surface area contributed by atoms with E-state index in [1.807, 2.05) is 0 Å². The van der Waals surface area contributed by atoms with Gasteiger partial charge < -0.3 is 20.0 Å². The molecule has 1 N–H and O–H groups in total. The molecule has 1 amide bonds. The predicted molar refractivity (Wildman–Crippen MR) is 82.1 cm³/mol. The fourth-order valence-corrected chi connectivity index (χ4v) is 1.83. The molecule has 0 aliphatic heterocycles. The highest BCUT2D eigenvalue weighted by Crippen LogP contribution is 2.15. The van der Waals surface area contributed by atoms with Crippen LogP contribution >= 0.6 is 0 Å². The van der Waals surface area contributed by atoms with Crippen LogP contribution in [0.2, 0.25) is 0 Å². The normalized spacial score (nSPS) is 9.88. The summed E-state index contributed by atoms with van der Waals surface area (Å²) in [5.74, 6) is -1.96. The highest BCUT2D eigenvalue weighted by Gasteiger charge is 2.15. The number of nitrogens with zero attached hydrogens (tertiary/aromatic N) is 1. The number of anilines is 1. The van der Waals surface area contributed by atoms with Crippen LogP contribution in [0.3, 0.4) is 0 Å². The molecule has 2 aromatic rings. The van der Waals surface area contributed by atoms with E-state index in [2.05, 4.69) is 10.1 Å². The molecule has 2 rings (SSSR count). The number of rotatable bonds is 5. The van der Waals surface area contributed by atoms with Gasteiger partial charge in [0.1, 0.15) is 0 Å². The lowest BCUT2D eigenvalue weighted by Crippen LogP contribution is -2.25. The number of hydrogen-bond acceptors (Lipinski definition) is 6. The van der Waals surface area contributed by atoms with Gasteiger partial charge in [-0.05, 0) is 12.1 Å². The van der Waals surface area contributed by atoms with Crippen LogP contribution in [0.15, 0.2) is 48.8 Å². The molecule has 0 spiro atoms. The van der Waals surface area contributed by atoms with E-state index in [1.54, 1.807) is 12.1 Å². The lowest BCUT2D eigenvalue weighted by Gasteiger charge is -2.10. The van der Waals surface area contributed by atoms with Gasteiger partial charge in [0.25, 0.3) is 5.91 Å². The van der Waals surface area contributed by atoms with Crippen molar-refractivity contribution >= 4 is 23.5 Å². The Hall–Kier alpha value is -3.42. The fourth-order valence-electron chi connectivity index (χ4n) is 1.83. The fraction of sp³-hybridized carbons (Fsp3) is 0.125. The molecular formula is C16H14N2O6. The zero-order valence-corrected chi connectivity index (χ0v) is 12.7. The number of nitrogens with one attached hydrogen (secondary N) is 1. The van der Waals surface area contributed by atoms with Crippen molar-refractivity contribution in [1.29, 1.82) is 0 Å². The number of hydrogen-bond donors (Lipinski definition) is 1. The summed E-state index contributed by atoms with van der Waals surface area (Å²) >= 11 is 0. The first-order chi connectivity index (χ1) is 11.5. The second-order valence-corrected chi connectivity index (χ2v) is 4.61. The average Bonchev–Trinajstić information content (AvgIpc) is 2.60. The van der Waals surface area contributed by atoms with Crippen LogP contribution < -0.4 is 10.0 Å². The number of aromatic nitrogens is 1. The second-order valence-electron chi connectivity index (χ2n) is 4.61. The van der Waals surface area contributed by atoms with Crippen molar-refractivity contribution in [2.75, 3.05) is 19.0 Å². The van der Waals surface area contributed by atoms with Gasteiger partial charge in [-0.15, -0.1) is 0 Å². The average molecular weight is 330 g/mol. The Morgan fingerprint density at radius 3 is 2.42 bits per heavy atom. The summed E-state index contributed by atoms with van der Waals surface area (Å²) < 4.78 is 9.99. The van der Waals surface area contributed by atoms with E-state index in [0.29, 0.717) is 4.73 Å². The Bertz CT molecular complexity index is 757. The van der Waals surface area contributed by atoms with E-state index in [4.69, 9.17) is 4.74 Å². The van der Waals surface area contributed by atoms with Crippen LogP contribution in [0.4, 0.5) is 5.69 Å². The highest BCUT2D eigenvalue weighted by molar-refractivity contribution is 6.02. The lowest BCUT2D eigenvalue weighted by atomic mass is 10.2. The van der Waals surface area contributed by atoms with E-state index in [1.165, 1.54) is 31.4 Å². The summed E-state index contributed by atoms with van der Waals surface area (Å²) in [7, 11) is 1.23. The van der Waals surface area contributed by atoms with E-state index in [0.717, 1.165) is 12.4 Å². The minimum Gasteiger partial charge on any atom is -0.619 e. The molecule has 1 aromatic heterocycles. The topological polar surface area (TPSA) is 109 Å². The number of para-hydroxylation sites is 1. The van der Waals surface area contributed by atoms with Gasteiger partial charge >= 0.3 is 11.9 Å². The summed E-state index contributed by atoms with van der Waals surface area (Å²) in [4.78, 5) is 35.2. The summed E-state index contributed by atoms with van der Waals surface area (Å²) in [5, 5.41) is 13.4. The maximum absolute atomic E-state index is 11.9. The van der Waals surface area contributed by atoms with Crippen LogP contribution in [0.1, 0.15) is 20.7 Å². The van der Waals surface area contributed by atoms with Crippen molar-refractivity contribution in [2.45, 2.75) is 0 Å². The quantitative estimate of drug-likeness (QED) is 0.496. The number of amides is 1. The van der Waals surface area contributed by atoms with E-state index in [9.17, 15) is 19.6 Å². The first kappa shape index (κ1) is 16.9. The monoisotopic (exact) mass is 330 g/mol. The van der Waals surface area contributed by atoms with E-state index in [-0.39, 0.29) is 16.8 Å². The smallest absolute Gasteiger partial charge is 0.339 e. The lowest BCUT2D eigenvalue weighted by molar-refractivity contribution is -0.605. The number of benzene rings is 1. The largest absolute Gasteiger partial charge is 0.619 e. The molecular weight excluding hydrogens is 316 g/mol. The SMILES string of the molecule is COC(=O)c1ccccc1NC(=O)COC(=O)c1cc[n+]([O-])cc1. The number of esters is 2. The molecule has 0 fully saturated rings. The third-order valence-electron chi connectivity index (χ3n) is 2.98. The Morgan fingerprint density at radius 2 is 1.75 bits per heavy atom. The predicted octanol–water partition coefficient (Wildman–Crippen LogP) is 0.902. The molecule has 0 unspecified atom stereocenters. The van der Waals surface area contributed by atoms with Gasteiger partial charge in [0, 0.05) is 12.1 Å². The first-order valence-electron chi connectivity index (χ1n) is 6.84. The van der Waals surface area contributed by atoms with Gasteiger partial charge in [-0.2, -0.15) is 4.73 Å². The van der Waals surface area contributed by atoms with Gasteiger partial charge in [-0.3, -0.25) is 4.79 Å². The molecule has 0 saturated heterocycles. The zero-order valence-electron chi connectivity index (χ0n) is 12.7. The van der Waals surface area contributed by atoms with Gasteiger partial charge in [0.15, 0.2) is 19.0 Å². The summed E-state index contributed by atoms with van der Waals surface area (Å²) in [5.41, 5.74) is 0.574. The molecule has 0 atom stereocenters. The van der Waals surface area contributed by atoms with Crippen LogP contribution in [-0.2, 0) is 14.3 Å². The van der Waals surface area contributed by atoms with Gasteiger partial charge in [0.05, 0.1) is 23.9 Å². The summed E-state index contributed by atoms with van der Waals surface area (Å²) in [6.07, 6.45) is 2.28. The highest BCUT2D eigenvalue weighted by atomic mass is 16.5. The number of carbonyl (C=O) groups is 3. The van der Waals surface area contributed by atoms with Gasteiger partial charge in [0.2, 0.25) is 0 Å². The Morgan fingerprint density at radius 1 is 1.08 bits per heavy atom. The molecule has 8 heteroatoms. The van der Waals surface area contributed by atoms with Crippen molar-refractivity contribution in [3.8, 4) is 0 Å². The van der Waals surface area contributed by atoms with E-state index < -0.39 is 24.5 Å². The molecule has 0 bridgehead atoms. The molecule has 0 saturated carbocycles. The van der Waals surface area contributed by atoms with Crippen molar-refractivity contribution in [3.05, 3.63) is 65.1 Å². The molecule has 1 heterocycles. The Labute approximate surface area is 137 Å². The van der Waals surface area contributed by atoms with Crippen LogP contribution in [0.5, 0.6) is 0 Å². The summed E-state index contributed by atoms with van der Waals surface area (Å²) in [6.45, 7) is -0.541. The molecule has 0 radical (unpaired) electrons. The third kappa shape index (κ3) is 4.29. The molecule has 8 nitrogen and oxygen atoms in total. The molecule has 0 aliphatic rings. The third-order valence-corrected chi connectivity index (χ3v) is 2.98. The number of pyridine rings is 1. The van der Waals surface area contributed by atoms with Gasteiger partial charge in [-0.25, -0.2) is 9.59 Å². The Kier molecular flexibility index (Phi) is 5.45. The van der Waals surface area contributed by atoms with Crippen molar-refractivity contribution in [2.24, 2.45) is 0 Å². The standard InChI is InChI=1S/C16H14N2O6/c1-23-16(21)12-4-2-3-5-13(12)17-14(19)10-24-15(20)11-6-8-18(22)9-7-11/h2-9H,10H2,1H3,(H,17,19). The zero-order chi connectivity index (χ0) is 17.5. The maximum atomic E-state index is 11.9. The Balaban J connectivity index is 1.95. The second kappa shape index (κ2) is 7.73. The van der Waals surface area contributed by atoms with E-state index >= 15 is 0 Å². The van der Waals surface area contributed by atoms with Crippen LogP contribution in [0.25, 0.3) is 0 Å². The molecule has 24 heavy (non-hydrogen) atoms. The maximum Gasteiger partial charge on any atom is 0.339 e. The molecule has 0 aliphatic carbocycles. The van der Waals surface area contributed by atoms with Crippen LogP contribution in [-0.4, -0.2) is 31.6 Å². The van der Waals surface area contributed by atoms with Crippen molar-refractivity contribution in [3.63, 3.8) is 0 Å². The van der Waals surface area contributed by atoms with Crippen molar-refractivity contribution < 1.29 is 28.6 Å². The van der Waals surface area contributed by atoms with Crippen molar-refractivity contribution in [1.82, 2.24) is 0 Å². The number of methoxy groups -OCH3 is 1. The number of carbonyl (C=O) groups excluding carboxylic acids is 3.